The Morgan fingerprint density at radius 2 is 1.82 bits per heavy atom. The minimum Gasteiger partial charge on any atom is -0.354 e. The second kappa shape index (κ2) is 7.44. The third-order valence-electron chi connectivity index (χ3n) is 3.69. The van der Waals surface area contributed by atoms with Crippen LogP contribution in [0.1, 0.15) is 52.4 Å². The number of nitrogens with zero attached hydrogens (tertiary/aromatic N) is 1. The first-order valence-corrected chi connectivity index (χ1v) is 6.87. The summed E-state index contributed by atoms with van der Waals surface area (Å²) in [5, 5.41) is 7.12. The van der Waals surface area contributed by atoms with E-state index in [9.17, 15) is 0 Å². The van der Waals surface area contributed by atoms with E-state index in [2.05, 4.69) is 29.5 Å². The van der Waals surface area contributed by atoms with Crippen LogP contribution in [0.25, 0.3) is 0 Å². The minimum absolute atomic E-state index is 0. The molecule has 17 heavy (non-hydrogen) atoms. The van der Waals surface area contributed by atoms with Crippen molar-refractivity contribution >= 4 is 29.9 Å². The van der Waals surface area contributed by atoms with Gasteiger partial charge in [0.2, 0.25) is 0 Å². The first kappa shape index (κ1) is 15.1. The molecule has 0 aliphatic heterocycles. The fraction of sp³-hybridized carbons (Fsp3) is 0.923. The summed E-state index contributed by atoms with van der Waals surface area (Å²) in [5.41, 5.74) is 0. The van der Waals surface area contributed by atoms with E-state index >= 15 is 0 Å². The molecule has 0 heterocycles. The molecule has 0 aromatic carbocycles. The Kier molecular flexibility index (Phi) is 6.59. The van der Waals surface area contributed by atoms with Crippen LogP contribution in [0.4, 0.5) is 0 Å². The molecule has 0 bridgehead atoms. The highest BCUT2D eigenvalue weighted by Crippen LogP contribution is 2.28. The maximum absolute atomic E-state index is 4.53. The number of rotatable bonds is 3. The van der Waals surface area contributed by atoms with Crippen molar-refractivity contribution in [2.24, 2.45) is 10.9 Å². The largest absolute Gasteiger partial charge is 0.354 e. The van der Waals surface area contributed by atoms with E-state index in [1.807, 2.05) is 0 Å². The van der Waals surface area contributed by atoms with Crippen LogP contribution in [0.15, 0.2) is 4.99 Å². The van der Waals surface area contributed by atoms with E-state index in [4.69, 9.17) is 0 Å². The molecule has 4 heteroatoms. The van der Waals surface area contributed by atoms with Crippen LogP contribution in [0.2, 0.25) is 0 Å². The van der Waals surface area contributed by atoms with Crippen LogP contribution in [-0.2, 0) is 0 Å². The molecule has 2 fully saturated rings. The molecule has 2 rings (SSSR count). The highest BCUT2D eigenvalue weighted by molar-refractivity contribution is 14.0. The van der Waals surface area contributed by atoms with Crippen LogP contribution in [0.3, 0.4) is 0 Å². The molecule has 2 aliphatic rings. The zero-order valence-electron chi connectivity index (χ0n) is 11.0. The lowest BCUT2D eigenvalue weighted by Crippen LogP contribution is -2.45. The lowest BCUT2D eigenvalue weighted by atomic mass is 9.96. The smallest absolute Gasteiger partial charge is 0.191 e. The van der Waals surface area contributed by atoms with Gasteiger partial charge in [-0.1, -0.05) is 26.2 Å². The van der Waals surface area contributed by atoms with Crippen molar-refractivity contribution < 1.29 is 0 Å². The second-order valence-corrected chi connectivity index (χ2v) is 5.27. The van der Waals surface area contributed by atoms with Gasteiger partial charge in [-0.3, -0.25) is 4.99 Å². The van der Waals surface area contributed by atoms with Crippen molar-refractivity contribution in [3.63, 3.8) is 0 Å². The van der Waals surface area contributed by atoms with Crippen molar-refractivity contribution in [1.82, 2.24) is 10.6 Å². The van der Waals surface area contributed by atoms with Gasteiger partial charge in [-0.2, -0.15) is 0 Å². The van der Waals surface area contributed by atoms with Crippen LogP contribution >= 0.6 is 24.0 Å². The number of guanidine groups is 1. The maximum atomic E-state index is 4.53. The molecular formula is C13H26IN3. The lowest BCUT2D eigenvalue weighted by Gasteiger charge is -2.25. The number of hydrogen-bond donors (Lipinski definition) is 2. The van der Waals surface area contributed by atoms with Gasteiger partial charge in [-0.15, -0.1) is 24.0 Å². The van der Waals surface area contributed by atoms with E-state index in [0.717, 1.165) is 18.4 Å². The highest BCUT2D eigenvalue weighted by atomic mass is 127. The van der Waals surface area contributed by atoms with E-state index in [0.29, 0.717) is 12.1 Å². The number of halogens is 1. The third kappa shape index (κ3) is 5.02. The summed E-state index contributed by atoms with van der Waals surface area (Å²) in [6.45, 7) is 5.26. The fourth-order valence-corrected chi connectivity index (χ4v) is 2.43. The normalized spacial score (nSPS) is 29.4. The first-order chi connectivity index (χ1) is 7.79. The molecule has 2 unspecified atom stereocenters. The molecule has 2 aliphatic carbocycles. The fourth-order valence-electron chi connectivity index (χ4n) is 2.43. The molecule has 3 nitrogen and oxygen atoms in total. The van der Waals surface area contributed by atoms with Crippen molar-refractivity contribution in [3.8, 4) is 0 Å². The van der Waals surface area contributed by atoms with E-state index in [1.54, 1.807) is 0 Å². The third-order valence-corrected chi connectivity index (χ3v) is 3.69. The molecule has 2 N–H and O–H groups in total. The molecule has 100 valence electrons. The summed E-state index contributed by atoms with van der Waals surface area (Å²) < 4.78 is 0. The molecule has 2 atom stereocenters. The van der Waals surface area contributed by atoms with Gasteiger partial charge in [0.1, 0.15) is 0 Å². The maximum Gasteiger partial charge on any atom is 0.191 e. The molecule has 2 saturated carbocycles. The first-order valence-electron chi connectivity index (χ1n) is 6.87. The summed E-state index contributed by atoms with van der Waals surface area (Å²) in [4.78, 5) is 4.53. The zero-order chi connectivity index (χ0) is 11.4. The Morgan fingerprint density at radius 3 is 2.35 bits per heavy atom. The zero-order valence-corrected chi connectivity index (χ0v) is 13.4. The Hall–Kier alpha value is 0. The number of hydrogen-bond acceptors (Lipinski definition) is 1. The van der Waals surface area contributed by atoms with Gasteiger partial charge in [0.15, 0.2) is 5.96 Å². The van der Waals surface area contributed by atoms with Crippen LogP contribution in [-0.4, -0.2) is 24.6 Å². The topological polar surface area (TPSA) is 36.4 Å². The second-order valence-electron chi connectivity index (χ2n) is 5.27. The predicted octanol–water partition coefficient (Wildman–Crippen LogP) is 2.90. The molecule has 0 saturated heterocycles. The minimum atomic E-state index is 0. The van der Waals surface area contributed by atoms with E-state index in [-0.39, 0.29) is 24.0 Å². The van der Waals surface area contributed by atoms with Gasteiger partial charge in [0.25, 0.3) is 0 Å². The molecule has 0 aromatic rings. The van der Waals surface area contributed by atoms with Gasteiger partial charge >= 0.3 is 0 Å². The number of aliphatic imine (C=N–C) groups is 1. The summed E-state index contributed by atoms with van der Waals surface area (Å²) in [7, 11) is 0. The van der Waals surface area contributed by atoms with E-state index in [1.165, 1.54) is 38.5 Å². The van der Waals surface area contributed by atoms with Gasteiger partial charge in [-0.05, 0) is 32.1 Å². The Morgan fingerprint density at radius 1 is 1.18 bits per heavy atom. The Balaban J connectivity index is 0.00000144. The summed E-state index contributed by atoms with van der Waals surface area (Å²) >= 11 is 0. The Bertz CT molecular complexity index is 249. The van der Waals surface area contributed by atoms with Gasteiger partial charge < -0.3 is 10.6 Å². The Labute approximate surface area is 122 Å². The van der Waals surface area contributed by atoms with Crippen molar-refractivity contribution in [3.05, 3.63) is 0 Å². The molecule has 0 amide bonds. The van der Waals surface area contributed by atoms with Crippen LogP contribution in [0.5, 0.6) is 0 Å². The molecule has 0 spiro atoms. The lowest BCUT2D eigenvalue weighted by molar-refractivity contribution is 0.409. The van der Waals surface area contributed by atoms with Crippen molar-refractivity contribution in [1.29, 1.82) is 0 Å². The average Bonchev–Trinajstić information content (AvgIpc) is 2.96. The molecular weight excluding hydrogens is 325 g/mol. The van der Waals surface area contributed by atoms with Crippen LogP contribution < -0.4 is 10.6 Å². The van der Waals surface area contributed by atoms with Gasteiger partial charge in [-0.25, -0.2) is 0 Å². The summed E-state index contributed by atoms with van der Waals surface area (Å²) in [6.07, 6.45) is 8.07. The quantitative estimate of drug-likeness (QED) is 0.466. The van der Waals surface area contributed by atoms with Gasteiger partial charge in [0, 0.05) is 18.6 Å². The highest BCUT2D eigenvalue weighted by Gasteiger charge is 2.33. The SMILES string of the molecule is CCN=C(NC1CCCCC1)NC1CC1C.I. The van der Waals surface area contributed by atoms with Crippen molar-refractivity contribution in [2.45, 2.75) is 64.5 Å². The summed E-state index contributed by atoms with van der Waals surface area (Å²) in [6, 6.07) is 1.32. The van der Waals surface area contributed by atoms with Crippen LogP contribution in [0, 0.1) is 5.92 Å². The van der Waals surface area contributed by atoms with Crippen molar-refractivity contribution in [2.75, 3.05) is 6.54 Å². The number of nitrogens with one attached hydrogen (secondary N) is 2. The molecule has 0 radical (unpaired) electrons. The monoisotopic (exact) mass is 351 g/mol. The molecule has 0 aromatic heterocycles. The average molecular weight is 351 g/mol. The standard InChI is InChI=1S/C13H25N3.HI/c1-3-14-13(16-12-9-10(12)2)15-11-7-5-4-6-8-11;/h10-12H,3-9H2,1-2H3,(H2,14,15,16);1H. The predicted molar refractivity (Wildman–Crippen MR) is 84.1 cm³/mol. The van der Waals surface area contributed by atoms with Gasteiger partial charge in [0.05, 0.1) is 0 Å². The van der Waals surface area contributed by atoms with E-state index < -0.39 is 0 Å². The summed E-state index contributed by atoms with van der Waals surface area (Å²) in [5.74, 6) is 1.87.